The zero-order valence-corrected chi connectivity index (χ0v) is 17.7. The highest BCUT2D eigenvalue weighted by atomic mass is 32.1. The number of nitrogens with one attached hydrogen (secondary N) is 2. The molecular formula is C21H26N4O3S. The number of amides is 4. The molecule has 3 rings (SSSR count). The number of thiophene rings is 1. The molecule has 7 nitrogen and oxygen atoms in total. The van der Waals surface area contributed by atoms with E-state index in [1.54, 1.807) is 18.3 Å². The molecule has 4 amide bonds. The molecule has 0 aliphatic carbocycles. The highest BCUT2D eigenvalue weighted by Crippen LogP contribution is 2.22. The van der Waals surface area contributed by atoms with Gasteiger partial charge in [-0.15, -0.1) is 11.3 Å². The van der Waals surface area contributed by atoms with E-state index in [0.717, 1.165) is 10.6 Å². The number of aryl methyl sites for hydroxylation is 2. The zero-order chi connectivity index (χ0) is 21.0. The fourth-order valence-corrected chi connectivity index (χ4v) is 4.25. The van der Waals surface area contributed by atoms with Crippen LogP contribution in [0.25, 0.3) is 0 Å². The van der Waals surface area contributed by atoms with Crippen LogP contribution in [0.3, 0.4) is 0 Å². The first-order valence-electron chi connectivity index (χ1n) is 9.50. The third-order valence-electron chi connectivity index (χ3n) is 5.05. The van der Waals surface area contributed by atoms with Crippen molar-refractivity contribution in [2.75, 3.05) is 13.6 Å². The number of hydrogen-bond acceptors (Lipinski definition) is 5. The Hall–Kier alpha value is -2.71. The average molecular weight is 415 g/mol. The summed E-state index contributed by atoms with van der Waals surface area (Å²) in [5.41, 5.74) is 3.68. The predicted molar refractivity (Wildman–Crippen MR) is 112 cm³/mol. The minimum atomic E-state index is -1.04. The van der Waals surface area contributed by atoms with Crippen molar-refractivity contribution in [1.29, 1.82) is 0 Å². The van der Waals surface area contributed by atoms with Crippen molar-refractivity contribution in [2.45, 2.75) is 38.8 Å². The lowest BCUT2D eigenvalue weighted by molar-refractivity contribution is -0.139. The van der Waals surface area contributed by atoms with E-state index in [1.165, 1.54) is 10.4 Å². The predicted octanol–water partition coefficient (Wildman–Crippen LogP) is 2.46. The Kier molecular flexibility index (Phi) is 6.34. The molecule has 2 heterocycles. The van der Waals surface area contributed by atoms with Gasteiger partial charge in [-0.05, 0) is 56.3 Å². The van der Waals surface area contributed by atoms with E-state index < -0.39 is 23.4 Å². The number of imide groups is 1. The lowest BCUT2D eigenvalue weighted by Gasteiger charge is -2.22. The summed E-state index contributed by atoms with van der Waals surface area (Å²) in [6.07, 6.45) is 1.10. The van der Waals surface area contributed by atoms with Crippen LogP contribution in [0, 0.1) is 6.92 Å². The van der Waals surface area contributed by atoms with Crippen LogP contribution < -0.4 is 10.7 Å². The second-order valence-electron chi connectivity index (χ2n) is 7.62. The van der Waals surface area contributed by atoms with Gasteiger partial charge in [0.25, 0.3) is 11.8 Å². The van der Waals surface area contributed by atoms with Crippen LogP contribution in [0.4, 0.5) is 4.79 Å². The van der Waals surface area contributed by atoms with Gasteiger partial charge in [-0.3, -0.25) is 19.9 Å². The van der Waals surface area contributed by atoms with Gasteiger partial charge in [0.2, 0.25) is 0 Å². The highest BCUT2D eigenvalue weighted by molar-refractivity contribution is 7.10. The molecule has 1 aliphatic rings. The van der Waals surface area contributed by atoms with E-state index >= 15 is 0 Å². The number of benzene rings is 1. The molecule has 0 bridgehead atoms. The van der Waals surface area contributed by atoms with Crippen LogP contribution in [-0.4, -0.2) is 46.9 Å². The number of carbonyl (C=O) groups excluding carboxylic acids is 3. The van der Waals surface area contributed by atoms with Crippen molar-refractivity contribution in [1.82, 2.24) is 20.7 Å². The van der Waals surface area contributed by atoms with Crippen molar-refractivity contribution < 1.29 is 14.4 Å². The summed E-state index contributed by atoms with van der Waals surface area (Å²) in [5.74, 6) is -0.846. The molecule has 2 aromatic rings. The van der Waals surface area contributed by atoms with Crippen molar-refractivity contribution in [3.05, 3.63) is 57.8 Å². The molecule has 154 valence electrons. The van der Waals surface area contributed by atoms with Gasteiger partial charge >= 0.3 is 6.03 Å². The third kappa shape index (κ3) is 5.02. The Labute approximate surface area is 174 Å². The number of nitrogens with zero attached hydrogens (tertiary/aromatic N) is 2. The normalized spacial score (nSPS) is 19.0. The maximum absolute atomic E-state index is 12.8. The van der Waals surface area contributed by atoms with Gasteiger partial charge in [-0.2, -0.15) is 5.01 Å². The average Bonchev–Trinajstić information content (AvgIpc) is 3.17. The lowest BCUT2D eigenvalue weighted by atomic mass is 9.93. The van der Waals surface area contributed by atoms with Crippen molar-refractivity contribution in [3.8, 4) is 0 Å². The number of hydrogen-bond donors (Lipinski definition) is 2. The van der Waals surface area contributed by atoms with E-state index in [4.69, 9.17) is 0 Å². The summed E-state index contributed by atoms with van der Waals surface area (Å²) >= 11 is 1.64. The van der Waals surface area contributed by atoms with Crippen molar-refractivity contribution >= 4 is 29.2 Å². The Morgan fingerprint density at radius 1 is 1.24 bits per heavy atom. The number of hydrazine groups is 1. The van der Waals surface area contributed by atoms with E-state index in [9.17, 15) is 14.4 Å². The van der Waals surface area contributed by atoms with Crippen LogP contribution in [0.15, 0.2) is 41.8 Å². The molecule has 0 radical (unpaired) electrons. The summed E-state index contributed by atoms with van der Waals surface area (Å²) in [6.45, 7) is 4.43. The van der Waals surface area contributed by atoms with Gasteiger partial charge in [-0.1, -0.05) is 30.3 Å². The molecule has 1 fully saturated rings. The molecule has 8 heteroatoms. The fourth-order valence-electron chi connectivity index (χ4n) is 3.27. The molecule has 1 aliphatic heterocycles. The molecule has 1 aromatic heterocycles. The van der Waals surface area contributed by atoms with Gasteiger partial charge in [0, 0.05) is 11.4 Å². The SMILES string of the molecule is Cc1ccsc1CN(C)CC(=O)NN1C(=O)NC(C)(CCc2ccccc2)C1=O. The molecule has 1 saturated heterocycles. The van der Waals surface area contributed by atoms with Gasteiger partial charge in [0.1, 0.15) is 5.54 Å². The smallest absolute Gasteiger partial charge is 0.322 e. The van der Waals surface area contributed by atoms with Crippen LogP contribution in [0.2, 0.25) is 0 Å². The van der Waals surface area contributed by atoms with Crippen molar-refractivity contribution in [3.63, 3.8) is 0 Å². The van der Waals surface area contributed by atoms with E-state index in [1.807, 2.05) is 60.6 Å². The standard InChI is InChI=1S/C21H26N4O3S/c1-15-10-12-29-17(15)13-24(3)14-18(26)23-25-19(27)21(2,22-20(25)28)11-9-16-7-5-4-6-8-16/h4-8,10,12H,9,11,13-14H2,1-3H3,(H,22,28)(H,23,26). The molecule has 1 aromatic carbocycles. The topological polar surface area (TPSA) is 81.8 Å². The van der Waals surface area contributed by atoms with Gasteiger partial charge in [0.05, 0.1) is 6.54 Å². The van der Waals surface area contributed by atoms with E-state index in [0.29, 0.717) is 19.4 Å². The van der Waals surface area contributed by atoms with Crippen molar-refractivity contribution in [2.24, 2.45) is 0 Å². The maximum atomic E-state index is 12.8. The monoisotopic (exact) mass is 414 g/mol. The Morgan fingerprint density at radius 2 is 1.97 bits per heavy atom. The molecule has 1 unspecified atom stereocenters. The Morgan fingerprint density at radius 3 is 2.62 bits per heavy atom. The second kappa shape index (κ2) is 8.75. The van der Waals surface area contributed by atoms with E-state index in [2.05, 4.69) is 10.7 Å². The minimum Gasteiger partial charge on any atom is -0.322 e. The summed E-state index contributed by atoms with van der Waals surface area (Å²) in [6, 6.07) is 11.2. The third-order valence-corrected chi connectivity index (χ3v) is 6.06. The largest absolute Gasteiger partial charge is 0.344 e. The van der Waals surface area contributed by atoms with E-state index in [-0.39, 0.29) is 6.54 Å². The summed E-state index contributed by atoms with van der Waals surface area (Å²) in [4.78, 5) is 40.5. The zero-order valence-electron chi connectivity index (χ0n) is 16.9. The van der Waals surface area contributed by atoms with Gasteiger partial charge < -0.3 is 5.32 Å². The number of likely N-dealkylation sites (N-methyl/N-ethyl adjacent to an activating group) is 1. The number of urea groups is 1. The Bertz CT molecular complexity index is 898. The van der Waals surface area contributed by atoms with Crippen LogP contribution in [0.1, 0.15) is 29.3 Å². The van der Waals surface area contributed by atoms with Gasteiger partial charge in [-0.25, -0.2) is 4.79 Å². The lowest BCUT2D eigenvalue weighted by Crippen LogP contribution is -2.51. The Balaban J connectivity index is 1.55. The van der Waals surface area contributed by atoms with Crippen LogP contribution >= 0.6 is 11.3 Å². The number of rotatable bonds is 8. The molecule has 1 atom stereocenters. The molecule has 0 saturated carbocycles. The summed E-state index contributed by atoms with van der Waals surface area (Å²) < 4.78 is 0. The quantitative estimate of drug-likeness (QED) is 0.650. The summed E-state index contributed by atoms with van der Waals surface area (Å²) in [5, 5.41) is 5.53. The van der Waals surface area contributed by atoms with Crippen LogP contribution in [0.5, 0.6) is 0 Å². The molecule has 29 heavy (non-hydrogen) atoms. The molecule has 0 spiro atoms. The first-order chi connectivity index (χ1) is 13.8. The fraction of sp³-hybridized carbons (Fsp3) is 0.381. The highest BCUT2D eigenvalue weighted by Gasteiger charge is 2.48. The minimum absolute atomic E-state index is 0.0785. The second-order valence-corrected chi connectivity index (χ2v) is 8.62. The first-order valence-corrected chi connectivity index (χ1v) is 10.4. The number of carbonyl (C=O) groups is 3. The van der Waals surface area contributed by atoms with Gasteiger partial charge in [0.15, 0.2) is 0 Å². The summed E-state index contributed by atoms with van der Waals surface area (Å²) in [7, 11) is 1.83. The van der Waals surface area contributed by atoms with Crippen LogP contribution in [-0.2, 0) is 22.6 Å². The molecular weight excluding hydrogens is 388 g/mol. The maximum Gasteiger partial charge on any atom is 0.344 e. The molecule has 2 N–H and O–H groups in total. The first kappa shape index (κ1) is 21.0.